The molecule has 1 nitrogen and oxygen atoms in total. The van der Waals surface area contributed by atoms with Crippen LogP contribution in [0.3, 0.4) is 0 Å². The summed E-state index contributed by atoms with van der Waals surface area (Å²) in [5.74, 6) is 0.453. The first-order valence-electron chi connectivity index (χ1n) is 10.6. The number of phenolic OH excluding ortho intramolecular Hbond substituents is 1. The van der Waals surface area contributed by atoms with Crippen molar-refractivity contribution in [3.63, 3.8) is 0 Å². The summed E-state index contributed by atoms with van der Waals surface area (Å²) in [6.07, 6.45) is 1.84. The van der Waals surface area contributed by atoms with Crippen molar-refractivity contribution in [2.24, 2.45) is 0 Å². The van der Waals surface area contributed by atoms with Crippen LogP contribution < -0.4 is 5.19 Å². The maximum atomic E-state index is 10.2. The Hall–Kier alpha value is -1.19. The molecule has 0 radical (unpaired) electrons. The fourth-order valence-corrected chi connectivity index (χ4v) is 7.99. The Kier molecular flexibility index (Phi) is 7.49. The van der Waals surface area contributed by atoms with Gasteiger partial charge in [-0.05, 0) is 63.4 Å². The first-order chi connectivity index (χ1) is 13.0. The van der Waals surface area contributed by atoms with Crippen LogP contribution in [0.25, 0.3) is 0 Å². The lowest BCUT2D eigenvalue weighted by atomic mass is 9.75. The summed E-state index contributed by atoms with van der Waals surface area (Å²) in [7, 11) is -0.395. The highest BCUT2D eigenvalue weighted by molar-refractivity contribution is 8.00. The minimum absolute atomic E-state index is 0.166. The van der Waals surface area contributed by atoms with Gasteiger partial charge in [-0.2, -0.15) is 0 Å². The van der Waals surface area contributed by atoms with E-state index in [2.05, 4.69) is 79.7 Å². The molecule has 0 saturated heterocycles. The van der Waals surface area contributed by atoms with Gasteiger partial charge in [-0.15, -0.1) is 11.8 Å². The molecule has 3 heteroatoms. The van der Waals surface area contributed by atoms with Crippen LogP contribution in [0.5, 0.6) is 5.75 Å². The van der Waals surface area contributed by atoms with Crippen molar-refractivity contribution in [2.45, 2.75) is 84.0 Å². The highest BCUT2D eigenvalue weighted by Crippen LogP contribution is 2.33. The van der Waals surface area contributed by atoms with Gasteiger partial charge in [0.1, 0.15) is 5.75 Å². The second kappa shape index (κ2) is 9.09. The highest BCUT2D eigenvalue weighted by atomic mass is 32.2. The molecule has 0 aliphatic heterocycles. The first kappa shape index (κ1) is 23.1. The summed E-state index contributed by atoms with van der Waals surface area (Å²) >= 11 is 1.99. The predicted molar refractivity (Wildman–Crippen MR) is 130 cm³/mol. The Morgan fingerprint density at radius 2 is 1.54 bits per heavy atom. The van der Waals surface area contributed by atoms with Crippen molar-refractivity contribution in [3.8, 4) is 5.75 Å². The lowest BCUT2D eigenvalue weighted by molar-refractivity contribution is 0.467. The zero-order chi connectivity index (χ0) is 21.1. The number of hydrogen-bond acceptors (Lipinski definition) is 2. The van der Waals surface area contributed by atoms with Crippen LogP contribution in [0, 0.1) is 0 Å². The molecule has 0 heterocycles. The lowest BCUT2D eigenvalue weighted by Gasteiger charge is -2.32. The topological polar surface area (TPSA) is 20.2 Å². The molecule has 0 bridgehead atoms. The molecule has 0 aliphatic carbocycles. The van der Waals surface area contributed by atoms with Gasteiger partial charge in [0.05, 0.1) is 9.52 Å². The molecular formula is C25H38OSSi. The molecule has 28 heavy (non-hydrogen) atoms. The summed E-state index contributed by atoms with van der Waals surface area (Å²) in [6.45, 7) is 18.3. The van der Waals surface area contributed by atoms with Crippen LogP contribution >= 0.6 is 11.8 Å². The van der Waals surface area contributed by atoms with Crippen LogP contribution in [0.2, 0.25) is 0 Å². The number of benzene rings is 2. The molecule has 154 valence electrons. The monoisotopic (exact) mass is 414 g/mol. The standard InChI is InChI=1S/C25H38OSSi/c1-9-17-15-21(18(10-2)14-20(17)26)27-16-28-22-13-11-12-19(24(3,4)5)23(22)25(6,7)8/h11-15,26H,9-10,16,28H2,1-8H3. The number of thioether (sulfide) groups is 1. The zero-order valence-corrected chi connectivity index (χ0v) is 21.3. The maximum absolute atomic E-state index is 10.2. The molecule has 1 N–H and O–H groups in total. The molecule has 0 aliphatic rings. The third-order valence-electron chi connectivity index (χ3n) is 5.36. The van der Waals surface area contributed by atoms with Crippen molar-refractivity contribution in [2.75, 3.05) is 5.38 Å². The number of phenols is 1. The van der Waals surface area contributed by atoms with Gasteiger partial charge < -0.3 is 5.11 Å². The van der Waals surface area contributed by atoms with Crippen molar-refractivity contribution in [1.82, 2.24) is 0 Å². The van der Waals surface area contributed by atoms with Crippen molar-refractivity contribution in [1.29, 1.82) is 0 Å². The molecule has 0 atom stereocenters. The molecule has 2 rings (SSSR count). The van der Waals surface area contributed by atoms with Gasteiger partial charge in [-0.1, -0.05) is 78.8 Å². The fourth-order valence-electron chi connectivity index (χ4n) is 3.94. The van der Waals surface area contributed by atoms with Crippen molar-refractivity contribution < 1.29 is 5.11 Å². The summed E-state index contributed by atoms with van der Waals surface area (Å²) in [4.78, 5) is 1.36. The van der Waals surface area contributed by atoms with Gasteiger partial charge in [-0.3, -0.25) is 0 Å². The van der Waals surface area contributed by atoms with Crippen LogP contribution in [-0.2, 0) is 23.7 Å². The fraction of sp³-hybridized carbons (Fsp3) is 0.520. The smallest absolute Gasteiger partial charge is 0.119 e. The van der Waals surface area contributed by atoms with Gasteiger partial charge in [-0.25, -0.2) is 0 Å². The van der Waals surface area contributed by atoms with Gasteiger partial charge in [0.25, 0.3) is 0 Å². The summed E-state index contributed by atoms with van der Waals surface area (Å²) in [6, 6.07) is 11.1. The van der Waals surface area contributed by atoms with E-state index in [1.807, 2.05) is 17.8 Å². The van der Waals surface area contributed by atoms with Crippen molar-refractivity contribution in [3.05, 3.63) is 52.6 Å². The largest absolute Gasteiger partial charge is 0.508 e. The average Bonchev–Trinajstić information content (AvgIpc) is 2.60. The molecule has 2 aromatic carbocycles. The zero-order valence-electron chi connectivity index (χ0n) is 19.1. The minimum Gasteiger partial charge on any atom is -0.508 e. The van der Waals surface area contributed by atoms with Crippen molar-refractivity contribution >= 4 is 26.5 Å². The van der Waals surface area contributed by atoms with E-state index in [1.54, 1.807) is 10.8 Å². The molecule has 0 unspecified atom stereocenters. The second-order valence-electron chi connectivity index (χ2n) is 9.73. The predicted octanol–water partition coefficient (Wildman–Crippen LogP) is 5.66. The average molecular weight is 415 g/mol. The van der Waals surface area contributed by atoms with Crippen LogP contribution in [0.1, 0.15) is 77.6 Å². The first-order valence-corrected chi connectivity index (χ1v) is 13.3. The number of hydrogen-bond donors (Lipinski definition) is 1. The summed E-state index contributed by atoms with van der Waals surface area (Å²) < 4.78 is 0. The van der Waals surface area contributed by atoms with Gasteiger partial charge in [0, 0.05) is 4.90 Å². The molecule has 0 fully saturated rings. The Balaban J connectivity index is 2.29. The lowest BCUT2D eigenvalue weighted by Crippen LogP contribution is -2.33. The summed E-state index contributed by atoms with van der Waals surface area (Å²) in [5.41, 5.74) is 5.74. The Morgan fingerprint density at radius 1 is 0.893 bits per heavy atom. The quantitative estimate of drug-likeness (QED) is 0.486. The second-order valence-corrected chi connectivity index (χ2v) is 13.4. The molecule has 0 spiro atoms. The Morgan fingerprint density at radius 3 is 2.07 bits per heavy atom. The minimum atomic E-state index is -0.395. The van der Waals surface area contributed by atoms with Gasteiger partial charge in [0.2, 0.25) is 0 Å². The molecule has 0 amide bonds. The highest BCUT2D eigenvalue weighted by Gasteiger charge is 2.27. The SMILES string of the molecule is CCc1cc(SC[SiH2]c2cccc(C(C)(C)C)c2C(C)(C)C)c(CC)cc1O. The third kappa shape index (κ3) is 5.45. The molecule has 2 aromatic rings. The third-order valence-corrected chi connectivity index (χ3v) is 8.81. The summed E-state index contributed by atoms with van der Waals surface area (Å²) in [5, 5.41) is 13.0. The van der Waals surface area contributed by atoms with E-state index in [0.717, 1.165) is 18.4 Å². The number of aryl methyl sites for hydroxylation is 2. The Bertz CT molecular complexity index is 813. The molecular weight excluding hydrogens is 376 g/mol. The number of rotatable bonds is 6. The van der Waals surface area contributed by atoms with E-state index in [9.17, 15) is 5.11 Å². The molecule has 0 aromatic heterocycles. The van der Waals surface area contributed by atoms with Crippen LogP contribution in [0.15, 0.2) is 35.2 Å². The Labute approximate surface area is 179 Å². The van der Waals surface area contributed by atoms with E-state index >= 15 is 0 Å². The van der Waals surface area contributed by atoms with E-state index in [1.165, 1.54) is 21.4 Å². The van der Waals surface area contributed by atoms with E-state index in [0.29, 0.717) is 5.75 Å². The van der Waals surface area contributed by atoms with Crippen LogP contribution in [-0.4, -0.2) is 20.0 Å². The van der Waals surface area contributed by atoms with E-state index in [4.69, 9.17) is 0 Å². The van der Waals surface area contributed by atoms with Crippen LogP contribution in [0.4, 0.5) is 0 Å². The normalized spacial score (nSPS) is 12.9. The van der Waals surface area contributed by atoms with E-state index in [-0.39, 0.29) is 10.8 Å². The maximum Gasteiger partial charge on any atom is 0.119 e. The van der Waals surface area contributed by atoms with E-state index < -0.39 is 9.52 Å². The number of aromatic hydroxyl groups is 1. The van der Waals surface area contributed by atoms with Gasteiger partial charge in [0.15, 0.2) is 0 Å². The van der Waals surface area contributed by atoms with Gasteiger partial charge >= 0.3 is 0 Å². The molecule has 0 saturated carbocycles.